The van der Waals surface area contributed by atoms with Crippen LogP contribution in [0.2, 0.25) is 18.1 Å². The van der Waals surface area contributed by atoms with E-state index in [1.165, 1.54) is 4.90 Å². The van der Waals surface area contributed by atoms with E-state index >= 15 is 0 Å². The molecule has 0 spiro atoms. The first-order chi connectivity index (χ1) is 13.6. The van der Waals surface area contributed by atoms with Gasteiger partial charge in [-0.25, -0.2) is 9.69 Å². The van der Waals surface area contributed by atoms with Gasteiger partial charge in [0.1, 0.15) is 12.6 Å². The number of carbonyl (C=O) groups is 2. The van der Waals surface area contributed by atoms with E-state index in [1.807, 2.05) is 60.7 Å². The van der Waals surface area contributed by atoms with Crippen LogP contribution in [0.3, 0.4) is 0 Å². The molecule has 2 atom stereocenters. The minimum atomic E-state index is -2.19. The summed E-state index contributed by atoms with van der Waals surface area (Å²) in [7, 11) is -2.19. The quantitative estimate of drug-likeness (QED) is 0.495. The van der Waals surface area contributed by atoms with Crippen molar-refractivity contribution in [1.82, 2.24) is 4.90 Å². The molecule has 0 N–H and O–H groups in total. The molecule has 1 saturated heterocycles. The highest BCUT2D eigenvalue weighted by molar-refractivity contribution is 6.74. The number of nitrogens with zero attached hydrogens (tertiary/aromatic N) is 1. The summed E-state index contributed by atoms with van der Waals surface area (Å²) in [6.07, 6.45) is -1.30. The Hall–Kier alpha value is -2.44. The number of likely N-dealkylation sites (tertiary alicyclic amines) is 1. The van der Waals surface area contributed by atoms with Crippen LogP contribution in [0.1, 0.15) is 37.9 Å². The summed E-state index contributed by atoms with van der Waals surface area (Å²) in [5.74, 6) is -0.332. The fourth-order valence-corrected chi connectivity index (χ4v) is 4.26. The Balaban J connectivity index is 1.80. The van der Waals surface area contributed by atoms with Crippen LogP contribution in [-0.2, 0) is 20.6 Å². The van der Waals surface area contributed by atoms with E-state index in [0.29, 0.717) is 0 Å². The van der Waals surface area contributed by atoms with Gasteiger partial charge in [-0.1, -0.05) is 81.4 Å². The van der Waals surface area contributed by atoms with Crippen molar-refractivity contribution in [2.45, 2.75) is 57.7 Å². The maximum Gasteiger partial charge on any atom is 0.417 e. The number of rotatable bonds is 5. The summed E-state index contributed by atoms with van der Waals surface area (Å²) < 4.78 is 11.8. The molecule has 1 aliphatic rings. The lowest BCUT2D eigenvalue weighted by Crippen LogP contribution is -2.65. The van der Waals surface area contributed by atoms with E-state index in [-0.39, 0.29) is 17.6 Å². The van der Waals surface area contributed by atoms with Crippen molar-refractivity contribution in [3.8, 4) is 0 Å². The molecule has 154 valence electrons. The highest BCUT2D eigenvalue weighted by Gasteiger charge is 2.56. The van der Waals surface area contributed by atoms with Crippen LogP contribution in [0, 0.1) is 0 Å². The predicted molar refractivity (Wildman–Crippen MR) is 115 cm³/mol. The topological polar surface area (TPSA) is 55.8 Å². The van der Waals surface area contributed by atoms with Crippen molar-refractivity contribution < 1.29 is 18.8 Å². The highest BCUT2D eigenvalue weighted by Crippen LogP contribution is 2.44. The zero-order valence-corrected chi connectivity index (χ0v) is 18.7. The molecular weight excluding hydrogens is 382 g/mol. The van der Waals surface area contributed by atoms with Gasteiger partial charge < -0.3 is 9.16 Å². The number of amides is 2. The summed E-state index contributed by atoms with van der Waals surface area (Å²) in [6, 6.07) is 18.5. The number of ether oxygens (including phenoxy) is 1. The smallest absolute Gasteiger partial charge is 0.417 e. The van der Waals surface area contributed by atoms with Crippen LogP contribution >= 0.6 is 0 Å². The molecule has 1 aliphatic heterocycles. The molecule has 2 amide bonds. The van der Waals surface area contributed by atoms with Crippen LogP contribution in [0.4, 0.5) is 4.79 Å². The van der Waals surface area contributed by atoms with Crippen molar-refractivity contribution in [1.29, 1.82) is 0 Å². The minimum absolute atomic E-state index is 0.0389. The van der Waals surface area contributed by atoms with E-state index in [9.17, 15) is 9.59 Å². The van der Waals surface area contributed by atoms with E-state index in [4.69, 9.17) is 9.16 Å². The molecule has 0 aromatic heterocycles. The number of hydrogen-bond donors (Lipinski definition) is 0. The molecule has 6 heteroatoms. The van der Waals surface area contributed by atoms with Gasteiger partial charge in [-0.15, -0.1) is 0 Å². The van der Waals surface area contributed by atoms with Gasteiger partial charge in [-0.05, 0) is 29.3 Å². The Kier molecular flexibility index (Phi) is 5.96. The third kappa shape index (κ3) is 4.43. The predicted octanol–water partition coefficient (Wildman–Crippen LogP) is 5.30. The van der Waals surface area contributed by atoms with Gasteiger partial charge in [-0.3, -0.25) is 4.79 Å². The SMILES string of the molecule is CC(C)(C)[Si](C)(C)O[C@H]1C(=O)N(C(=O)OCc2ccccc2)[C@H]1c1ccccc1. The van der Waals surface area contributed by atoms with Crippen LogP contribution < -0.4 is 0 Å². The summed E-state index contributed by atoms with van der Waals surface area (Å²) in [4.78, 5) is 26.9. The fraction of sp³-hybridized carbons (Fsp3) is 0.391. The van der Waals surface area contributed by atoms with Crippen molar-refractivity contribution in [3.63, 3.8) is 0 Å². The number of imide groups is 1. The van der Waals surface area contributed by atoms with E-state index in [1.54, 1.807) is 0 Å². The molecule has 2 aromatic carbocycles. The lowest BCUT2D eigenvalue weighted by molar-refractivity contribution is -0.161. The summed E-state index contributed by atoms with van der Waals surface area (Å²) in [5, 5.41) is -0.0389. The summed E-state index contributed by atoms with van der Waals surface area (Å²) in [5.41, 5.74) is 1.74. The zero-order chi connectivity index (χ0) is 21.2. The molecule has 0 saturated carbocycles. The molecule has 0 radical (unpaired) electrons. The number of hydrogen-bond acceptors (Lipinski definition) is 4. The maximum absolute atomic E-state index is 12.9. The first kappa shape index (κ1) is 21.3. The van der Waals surface area contributed by atoms with Crippen molar-refractivity contribution in [2.24, 2.45) is 0 Å². The second kappa shape index (κ2) is 8.12. The molecule has 3 rings (SSSR count). The number of carbonyl (C=O) groups excluding carboxylic acids is 2. The third-order valence-corrected chi connectivity index (χ3v) is 10.3. The molecule has 0 aliphatic carbocycles. The van der Waals surface area contributed by atoms with Gasteiger partial charge in [0.15, 0.2) is 14.4 Å². The molecule has 1 heterocycles. The lowest BCUT2D eigenvalue weighted by atomic mass is 9.91. The minimum Gasteiger partial charge on any atom is -0.444 e. The zero-order valence-electron chi connectivity index (χ0n) is 17.7. The molecular formula is C23H29NO4Si. The largest absolute Gasteiger partial charge is 0.444 e. The Morgan fingerprint density at radius 2 is 1.55 bits per heavy atom. The highest BCUT2D eigenvalue weighted by atomic mass is 28.4. The Morgan fingerprint density at radius 1 is 1.00 bits per heavy atom. The first-order valence-electron chi connectivity index (χ1n) is 9.88. The summed E-state index contributed by atoms with van der Waals surface area (Å²) >= 11 is 0. The van der Waals surface area contributed by atoms with Gasteiger partial charge in [0.25, 0.3) is 5.91 Å². The third-order valence-electron chi connectivity index (χ3n) is 5.82. The lowest BCUT2D eigenvalue weighted by Gasteiger charge is -2.49. The van der Waals surface area contributed by atoms with Crippen LogP contribution in [-0.4, -0.2) is 31.3 Å². The van der Waals surface area contributed by atoms with Gasteiger partial charge >= 0.3 is 6.09 Å². The normalized spacial score (nSPS) is 19.6. The van der Waals surface area contributed by atoms with Crippen LogP contribution in [0.15, 0.2) is 60.7 Å². The Morgan fingerprint density at radius 3 is 2.10 bits per heavy atom. The molecule has 29 heavy (non-hydrogen) atoms. The molecule has 5 nitrogen and oxygen atoms in total. The molecule has 0 unspecified atom stereocenters. The van der Waals surface area contributed by atoms with Crippen molar-refractivity contribution in [3.05, 3.63) is 71.8 Å². The van der Waals surface area contributed by atoms with Crippen molar-refractivity contribution in [2.75, 3.05) is 0 Å². The molecule has 1 fully saturated rings. The van der Waals surface area contributed by atoms with Gasteiger partial charge in [0.05, 0.1) is 0 Å². The Labute approximate surface area is 173 Å². The van der Waals surface area contributed by atoms with Crippen molar-refractivity contribution >= 4 is 20.3 Å². The van der Waals surface area contributed by atoms with Gasteiger partial charge in [0, 0.05) is 0 Å². The first-order valence-corrected chi connectivity index (χ1v) is 12.8. The van der Waals surface area contributed by atoms with E-state index < -0.39 is 26.6 Å². The standard InChI is InChI=1S/C23H29NO4Si/c1-23(2,3)29(4,5)28-20-19(18-14-10-7-11-15-18)24(21(20)25)22(26)27-16-17-12-8-6-9-13-17/h6-15,19-20H,16H2,1-5H3/t19-,20+/m0/s1. The van der Waals surface area contributed by atoms with Gasteiger partial charge in [-0.2, -0.15) is 0 Å². The molecule has 2 aromatic rings. The number of β-lactam (4-membered cyclic amide) rings is 1. The molecule has 0 bridgehead atoms. The second-order valence-electron chi connectivity index (χ2n) is 8.90. The maximum atomic E-state index is 12.9. The summed E-state index contributed by atoms with van der Waals surface area (Å²) in [6.45, 7) is 10.7. The van der Waals surface area contributed by atoms with E-state index in [2.05, 4.69) is 33.9 Å². The van der Waals surface area contributed by atoms with Crippen LogP contribution in [0.5, 0.6) is 0 Å². The van der Waals surface area contributed by atoms with E-state index in [0.717, 1.165) is 11.1 Å². The average molecular weight is 412 g/mol. The second-order valence-corrected chi connectivity index (χ2v) is 13.7. The van der Waals surface area contributed by atoms with Gasteiger partial charge in [0.2, 0.25) is 0 Å². The number of benzene rings is 2. The monoisotopic (exact) mass is 411 g/mol. The fourth-order valence-electron chi connectivity index (χ4n) is 3.04. The Bertz CT molecular complexity index is 861. The van der Waals surface area contributed by atoms with Crippen LogP contribution in [0.25, 0.3) is 0 Å². The average Bonchev–Trinajstić information content (AvgIpc) is 2.68.